The Morgan fingerprint density at radius 2 is 2.19 bits per heavy atom. The number of nitrogens with one attached hydrogen (secondary N) is 1. The van der Waals surface area contributed by atoms with Crippen LogP contribution in [0.15, 0.2) is 10.6 Å². The van der Waals surface area contributed by atoms with Crippen LogP contribution in [-0.4, -0.2) is 24.4 Å². The van der Waals surface area contributed by atoms with E-state index in [0.29, 0.717) is 18.8 Å². The van der Waals surface area contributed by atoms with Gasteiger partial charge in [0.2, 0.25) is 0 Å². The molecule has 2 rings (SSSR count). The van der Waals surface area contributed by atoms with E-state index in [9.17, 15) is 0 Å². The lowest BCUT2D eigenvalue weighted by molar-refractivity contribution is 0.00929. The van der Waals surface area contributed by atoms with Crippen molar-refractivity contribution in [3.05, 3.63) is 17.5 Å². The van der Waals surface area contributed by atoms with Crippen LogP contribution in [0, 0.1) is 6.92 Å². The van der Waals surface area contributed by atoms with Gasteiger partial charge >= 0.3 is 0 Å². The van der Waals surface area contributed by atoms with Crippen molar-refractivity contribution in [3.8, 4) is 0 Å². The second kappa shape index (κ2) is 5.46. The third-order valence-corrected chi connectivity index (χ3v) is 3.23. The van der Waals surface area contributed by atoms with Crippen molar-refractivity contribution >= 4 is 0 Å². The molecular formula is C12H20N2O2. The molecule has 0 atom stereocenters. The summed E-state index contributed by atoms with van der Waals surface area (Å²) in [6.45, 7) is 2.47. The Morgan fingerprint density at radius 1 is 1.44 bits per heavy atom. The fourth-order valence-corrected chi connectivity index (χ4v) is 2.21. The number of aryl methyl sites for hydroxylation is 1. The molecule has 1 heterocycles. The molecular weight excluding hydrogens is 204 g/mol. The molecule has 1 N–H and O–H groups in total. The van der Waals surface area contributed by atoms with Crippen molar-refractivity contribution in [2.75, 3.05) is 7.05 Å². The summed E-state index contributed by atoms with van der Waals surface area (Å²) in [6.07, 6.45) is 5.09. The average molecular weight is 224 g/mol. The maximum atomic E-state index is 5.82. The van der Waals surface area contributed by atoms with Gasteiger partial charge in [0.15, 0.2) is 0 Å². The second-order valence-corrected chi connectivity index (χ2v) is 4.50. The summed E-state index contributed by atoms with van der Waals surface area (Å²) in [5, 5.41) is 7.24. The largest absolute Gasteiger partial charge is 0.372 e. The zero-order valence-corrected chi connectivity index (χ0v) is 10.0. The second-order valence-electron chi connectivity index (χ2n) is 4.50. The fourth-order valence-electron chi connectivity index (χ4n) is 2.21. The van der Waals surface area contributed by atoms with Crippen LogP contribution in [0.4, 0.5) is 0 Å². The molecule has 0 amide bonds. The minimum atomic E-state index is 0.390. The molecule has 1 saturated carbocycles. The van der Waals surface area contributed by atoms with Gasteiger partial charge in [-0.1, -0.05) is 5.16 Å². The molecule has 1 aliphatic carbocycles. The van der Waals surface area contributed by atoms with Crippen LogP contribution < -0.4 is 5.32 Å². The van der Waals surface area contributed by atoms with E-state index < -0.39 is 0 Å². The molecule has 0 bridgehead atoms. The molecule has 1 aromatic heterocycles. The zero-order chi connectivity index (χ0) is 11.4. The van der Waals surface area contributed by atoms with Crippen molar-refractivity contribution < 1.29 is 9.26 Å². The molecule has 1 fully saturated rings. The van der Waals surface area contributed by atoms with Crippen LogP contribution >= 0.6 is 0 Å². The molecule has 1 aromatic rings. The van der Waals surface area contributed by atoms with Gasteiger partial charge in [-0.3, -0.25) is 0 Å². The van der Waals surface area contributed by atoms with Gasteiger partial charge in [0.25, 0.3) is 0 Å². The lowest BCUT2D eigenvalue weighted by Crippen LogP contribution is -2.32. The summed E-state index contributed by atoms with van der Waals surface area (Å²) in [6, 6.07) is 2.60. The lowest BCUT2D eigenvalue weighted by Gasteiger charge is -2.27. The summed E-state index contributed by atoms with van der Waals surface area (Å²) < 4.78 is 10.8. The van der Waals surface area contributed by atoms with Gasteiger partial charge in [-0.15, -0.1) is 0 Å². The predicted molar refractivity (Wildman–Crippen MR) is 61.1 cm³/mol. The van der Waals surface area contributed by atoms with Gasteiger partial charge in [-0.25, -0.2) is 0 Å². The normalized spacial score (nSPS) is 25.9. The first-order valence-corrected chi connectivity index (χ1v) is 5.99. The van der Waals surface area contributed by atoms with Gasteiger partial charge in [0.1, 0.15) is 11.5 Å². The minimum Gasteiger partial charge on any atom is -0.372 e. The Hall–Kier alpha value is -0.870. The van der Waals surface area contributed by atoms with Crippen LogP contribution in [0.25, 0.3) is 0 Å². The maximum absolute atomic E-state index is 5.82. The Kier molecular flexibility index (Phi) is 3.96. The van der Waals surface area contributed by atoms with Crippen molar-refractivity contribution in [2.24, 2.45) is 0 Å². The quantitative estimate of drug-likeness (QED) is 0.850. The maximum Gasteiger partial charge on any atom is 0.134 e. The predicted octanol–water partition coefficient (Wildman–Crippen LogP) is 2.03. The van der Waals surface area contributed by atoms with Crippen molar-refractivity contribution in [2.45, 2.75) is 51.4 Å². The number of aromatic nitrogens is 1. The number of rotatable bonds is 4. The molecule has 4 nitrogen and oxygen atoms in total. The first-order chi connectivity index (χ1) is 7.78. The molecule has 0 spiro atoms. The average Bonchev–Trinajstić information content (AvgIpc) is 2.73. The highest BCUT2D eigenvalue weighted by Gasteiger charge is 2.20. The first-order valence-electron chi connectivity index (χ1n) is 5.99. The Balaban J connectivity index is 1.71. The smallest absolute Gasteiger partial charge is 0.134 e. The molecule has 1 aliphatic rings. The first kappa shape index (κ1) is 11.6. The van der Waals surface area contributed by atoms with Crippen molar-refractivity contribution in [1.82, 2.24) is 10.5 Å². The Bertz CT molecular complexity index is 317. The minimum absolute atomic E-state index is 0.390. The summed E-state index contributed by atoms with van der Waals surface area (Å²) in [7, 11) is 2.03. The highest BCUT2D eigenvalue weighted by molar-refractivity contribution is 5.01. The Morgan fingerprint density at radius 3 is 2.75 bits per heavy atom. The molecule has 0 aliphatic heterocycles. The summed E-state index contributed by atoms with van der Waals surface area (Å²) in [4.78, 5) is 0. The summed E-state index contributed by atoms with van der Waals surface area (Å²) >= 11 is 0. The molecule has 16 heavy (non-hydrogen) atoms. The highest BCUT2D eigenvalue weighted by atomic mass is 16.5. The topological polar surface area (TPSA) is 47.3 Å². The van der Waals surface area contributed by atoms with Crippen LogP contribution in [0.2, 0.25) is 0 Å². The fraction of sp³-hybridized carbons (Fsp3) is 0.750. The van der Waals surface area contributed by atoms with Crippen LogP contribution in [-0.2, 0) is 11.3 Å². The Labute approximate surface area is 96.3 Å². The monoisotopic (exact) mass is 224 g/mol. The van der Waals surface area contributed by atoms with E-state index in [0.717, 1.165) is 24.3 Å². The SMILES string of the molecule is CNC1CCC(OCc2cc(C)on2)CC1. The third-order valence-electron chi connectivity index (χ3n) is 3.23. The van der Waals surface area contributed by atoms with Gasteiger partial charge in [-0.05, 0) is 39.7 Å². The number of hydrogen-bond acceptors (Lipinski definition) is 4. The molecule has 0 radical (unpaired) electrons. The van der Waals surface area contributed by atoms with E-state index in [1.54, 1.807) is 0 Å². The number of ether oxygens (including phenoxy) is 1. The molecule has 0 saturated heterocycles. The van der Waals surface area contributed by atoms with Crippen molar-refractivity contribution in [3.63, 3.8) is 0 Å². The van der Waals surface area contributed by atoms with E-state index in [1.807, 2.05) is 20.0 Å². The number of hydrogen-bond donors (Lipinski definition) is 1. The van der Waals surface area contributed by atoms with E-state index in [4.69, 9.17) is 9.26 Å². The molecule has 4 heteroatoms. The summed E-state index contributed by atoms with van der Waals surface area (Å²) in [5.41, 5.74) is 0.897. The van der Waals surface area contributed by atoms with Crippen LogP contribution in [0.3, 0.4) is 0 Å². The van der Waals surface area contributed by atoms with Gasteiger partial charge in [-0.2, -0.15) is 0 Å². The van der Waals surface area contributed by atoms with Crippen molar-refractivity contribution in [1.29, 1.82) is 0 Å². The molecule has 0 aromatic carbocycles. The van der Waals surface area contributed by atoms with E-state index in [-0.39, 0.29) is 0 Å². The van der Waals surface area contributed by atoms with Gasteiger partial charge < -0.3 is 14.6 Å². The standard InChI is InChI=1S/C12H20N2O2/c1-9-7-11(14-16-9)8-15-12-5-3-10(13-2)4-6-12/h7,10,12-13H,3-6,8H2,1-2H3. The third kappa shape index (κ3) is 3.06. The van der Waals surface area contributed by atoms with E-state index in [2.05, 4.69) is 10.5 Å². The van der Waals surface area contributed by atoms with E-state index >= 15 is 0 Å². The van der Waals surface area contributed by atoms with Crippen LogP contribution in [0.1, 0.15) is 37.1 Å². The lowest BCUT2D eigenvalue weighted by atomic mass is 9.93. The number of nitrogens with zero attached hydrogens (tertiary/aromatic N) is 1. The summed E-state index contributed by atoms with van der Waals surface area (Å²) in [5.74, 6) is 0.845. The zero-order valence-electron chi connectivity index (χ0n) is 10.0. The molecule has 0 unspecified atom stereocenters. The molecule has 90 valence electrons. The van der Waals surface area contributed by atoms with E-state index in [1.165, 1.54) is 12.8 Å². The van der Waals surface area contributed by atoms with Crippen LogP contribution in [0.5, 0.6) is 0 Å². The van der Waals surface area contributed by atoms with Gasteiger partial charge in [0.05, 0.1) is 12.7 Å². The van der Waals surface area contributed by atoms with Gasteiger partial charge in [0, 0.05) is 12.1 Å². The highest BCUT2D eigenvalue weighted by Crippen LogP contribution is 2.21.